The Bertz CT molecular complexity index is 659. The number of ether oxygens (including phenoxy) is 2. The van der Waals surface area contributed by atoms with Gasteiger partial charge in [0.25, 0.3) is 0 Å². The minimum absolute atomic E-state index is 0.0468. The van der Waals surface area contributed by atoms with Crippen molar-refractivity contribution in [3.63, 3.8) is 0 Å². The molecule has 0 saturated carbocycles. The lowest BCUT2D eigenvalue weighted by Crippen LogP contribution is -1.98. The number of fused-ring (bicyclic) bond motifs is 1. The molecule has 0 saturated heterocycles. The van der Waals surface area contributed by atoms with E-state index in [0.717, 1.165) is 12.0 Å². The first-order chi connectivity index (χ1) is 10.3. The number of carbonyl (C=O) groups is 1. The number of allylic oxidation sites excluding steroid dienone is 1. The van der Waals surface area contributed by atoms with Gasteiger partial charge in [-0.05, 0) is 29.8 Å². The molecule has 106 valence electrons. The Balaban J connectivity index is 1.79. The zero-order valence-electron chi connectivity index (χ0n) is 11.6. The van der Waals surface area contributed by atoms with Crippen molar-refractivity contribution in [1.29, 1.82) is 0 Å². The van der Waals surface area contributed by atoms with Gasteiger partial charge in [0.1, 0.15) is 0 Å². The van der Waals surface area contributed by atoms with Gasteiger partial charge in [0, 0.05) is 12.0 Å². The van der Waals surface area contributed by atoms with Gasteiger partial charge in [-0.3, -0.25) is 4.79 Å². The molecule has 0 amide bonds. The van der Waals surface area contributed by atoms with Crippen molar-refractivity contribution < 1.29 is 14.3 Å². The van der Waals surface area contributed by atoms with Crippen LogP contribution in [0.4, 0.5) is 0 Å². The first-order valence-electron chi connectivity index (χ1n) is 7.00. The molecule has 0 radical (unpaired) electrons. The summed E-state index contributed by atoms with van der Waals surface area (Å²) < 4.78 is 11.2. The zero-order valence-corrected chi connectivity index (χ0v) is 11.6. The molecule has 2 aromatic rings. The lowest BCUT2D eigenvalue weighted by molar-refractivity contribution is 0.104. The third-order valence-electron chi connectivity index (χ3n) is 3.26. The van der Waals surface area contributed by atoms with E-state index < -0.39 is 0 Å². The van der Waals surface area contributed by atoms with Crippen LogP contribution in [-0.4, -0.2) is 19.0 Å². The number of hydrogen-bond donors (Lipinski definition) is 0. The summed E-state index contributed by atoms with van der Waals surface area (Å²) in [7, 11) is 0. The SMILES string of the molecule is O=C(/C=C/c1ccccc1)c1ccc2c(c1)OCCCO2. The van der Waals surface area contributed by atoms with Crippen LogP contribution in [0.1, 0.15) is 22.3 Å². The highest BCUT2D eigenvalue weighted by atomic mass is 16.5. The van der Waals surface area contributed by atoms with Crippen LogP contribution < -0.4 is 9.47 Å². The molecule has 0 N–H and O–H groups in total. The van der Waals surface area contributed by atoms with E-state index in [1.807, 2.05) is 36.4 Å². The van der Waals surface area contributed by atoms with Gasteiger partial charge in [-0.1, -0.05) is 36.4 Å². The summed E-state index contributed by atoms with van der Waals surface area (Å²) in [5.41, 5.74) is 1.60. The van der Waals surface area contributed by atoms with E-state index >= 15 is 0 Å². The predicted octanol–water partition coefficient (Wildman–Crippen LogP) is 3.74. The molecule has 3 nitrogen and oxygen atoms in total. The van der Waals surface area contributed by atoms with Gasteiger partial charge in [-0.25, -0.2) is 0 Å². The molecule has 2 aromatic carbocycles. The Labute approximate surface area is 123 Å². The molecular weight excluding hydrogens is 264 g/mol. The van der Waals surface area contributed by atoms with E-state index in [1.165, 1.54) is 0 Å². The van der Waals surface area contributed by atoms with E-state index in [2.05, 4.69) is 0 Å². The number of benzene rings is 2. The van der Waals surface area contributed by atoms with Gasteiger partial charge in [0.2, 0.25) is 0 Å². The van der Waals surface area contributed by atoms with Gasteiger partial charge in [0.15, 0.2) is 17.3 Å². The Kier molecular flexibility index (Phi) is 4.01. The quantitative estimate of drug-likeness (QED) is 0.634. The van der Waals surface area contributed by atoms with Crippen molar-refractivity contribution in [2.75, 3.05) is 13.2 Å². The Morgan fingerprint density at radius 3 is 2.52 bits per heavy atom. The van der Waals surface area contributed by atoms with Crippen LogP contribution in [0.3, 0.4) is 0 Å². The lowest BCUT2D eigenvalue weighted by atomic mass is 10.1. The summed E-state index contributed by atoms with van der Waals surface area (Å²) in [6.07, 6.45) is 4.24. The fourth-order valence-electron chi connectivity index (χ4n) is 2.15. The molecule has 0 spiro atoms. The molecule has 0 unspecified atom stereocenters. The van der Waals surface area contributed by atoms with Crippen LogP contribution in [0.15, 0.2) is 54.6 Å². The van der Waals surface area contributed by atoms with Crippen molar-refractivity contribution in [3.05, 3.63) is 65.7 Å². The molecule has 3 rings (SSSR count). The topological polar surface area (TPSA) is 35.5 Å². The van der Waals surface area contributed by atoms with Crippen LogP contribution in [0, 0.1) is 0 Å². The van der Waals surface area contributed by atoms with Crippen LogP contribution in [0.25, 0.3) is 6.08 Å². The van der Waals surface area contributed by atoms with E-state index in [-0.39, 0.29) is 5.78 Å². The minimum atomic E-state index is -0.0468. The summed E-state index contributed by atoms with van der Waals surface area (Å²) in [6, 6.07) is 15.1. The fraction of sp³-hybridized carbons (Fsp3) is 0.167. The highest BCUT2D eigenvalue weighted by Crippen LogP contribution is 2.30. The lowest BCUT2D eigenvalue weighted by Gasteiger charge is -2.07. The first kappa shape index (κ1) is 13.4. The molecule has 3 heteroatoms. The highest BCUT2D eigenvalue weighted by Gasteiger charge is 2.12. The third-order valence-corrected chi connectivity index (χ3v) is 3.26. The minimum Gasteiger partial charge on any atom is -0.490 e. The average molecular weight is 280 g/mol. The summed E-state index contributed by atoms with van der Waals surface area (Å²) >= 11 is 0. The normalized spacial score (nSPS) is 13.9. The van der Waals surface area contributed by atoms with Gasteiger partial charge in [-0.2, -0.15) is 0 Å². The van der Waals surface area contributed by atoms with E-state index in [4.69, 9.17) is 9.47 Å². The van der Waals surface area contributed by atoms with Crippen molar-refractivity contribution >= 4 is 11.9 Å². The molecule has 1 aliphatic heterocycles. The standard InChI is InChI=1S/C18H16O3/c19-16(9-7-14-5-2-1-3-6-14)15-8-10-17-18(13-15)21-12-4-11-20-17/h1-3,5-10,13H,4,11-12H2/b9-7+. The van der Waals surface area contributed by atoms with Crippen molar-refractivity contribution in [2.24, 2.45) is 0 Å². The molecule has 0 bridgehead atoms. The Morgan fingerprint density at radius 2 is 1.71 bits per heavy atom. The van der Waals surface area contributed by atoms with E-state index in [9.17, 15) is 4.79 Å². The smallest absolute Gasteiger partial charge is 0.185 e. The summed E-state index contributed by atoms with van der Waals surface area (Å²) in [5.74, 6) is 1.30. The summed E-state index contributed by atoms with van der Waals surface area (Å²) in [6.45, 7) is 1.26. The zero-order chi connectivity index (χ0) is 14.5. The maximum absolute atomic E-state index is 12.2. The van der Waals surface area contributed by atoms with Crippen molar-refractivity contribution in [2.45, 2.75) is 6.42 Å². The average Bonchev–Trinajstić information content (AvgIpc) is 2.78. The third kappa shape index (κ3) is 3.31. The number of hydrogen-bond acceptors (Lipinski definition) is 3. The number of carbonyl (C=O) groups excluding carboxylic acids is 1. The predicted molar refractivity (Wildman–Crippen MR) is 81.9 cm³/mol. The first-order valence-corrected chi connectivity index (χ1v) is 7.00. The second-order valence-corrected chi connectivity index (χ2v) is 4.82. The van der Waals surface area contributed by atoms with Gasteiger partial charge >= 0.3 is 0 Å². The van der Waals surface area contributed by atoms with Gasteiger partial charge < -0.3 is 9.47 Å². The second-order valence-electron chi connectivity index (χ2n) is 4.82. The largest absolute Gasteiger partial charge is 0.490 e. The highest BCUT2D eigenvalue weighted by molar-refractivity contribution is 6.07. The van der Waals surface area contributed by atoms with Gasteiger partial charge in [-0.15, -0.1) is 0 Å². The molecule has 0 atom stereocenters. The summed E-state index contributed by atoms with van der Waals surface area (Å²) in [4.78, 5) is 12.2. The molecule has 1 aliphatic rings. The van der Waals surface area contributed by atoms with E-state index in [0.29, 0.717) is 30.3 Å². The van der Waals surface area contributed by atoms with Crippen LogP contribution in [-0.2, 0) is 0 Å². The molecule has 0 aromatic heterocycles. The van der Waals surface area contributed by atoms with E-state index in [1.54, 1.807) is 24.3 Å². The van der Waals surface area contributed by atoms with Crippen molar-refractivity contribution in [3.8, 4) is 11.5 Å². The molecule has 0 aliphatic carbocycles. The Hall–Kier alpha value is -2.55. The van der Waals surface area contributed by atoms with Crippen LogP contribution >= 0.6 is 0 Å². The van der Waals surface area contributed by atoms with Crippen molar-refractivity contribution in [1.82, 2.24) is 0 Å². The summed E-state index contributed by atoms with van der Waals surface area (Å²) in [5, 5.41) is 0. The van der Waals surface area contributed by atoms with Gasteiger partial charge in [0.05, 0.1) is 13.2 Å². The maximum Gasteiger partial charge on any atom is 0.185 e. The van der Waals surface area contributed by atoms with Crippen LogP contribution in [0.5, 0.6) is 11.5 Å². The fourth-order valence-corrected chi connectivity index (χ4v) is 2.15. The molecule has 21 heavy (non-hydrogen) atoms. The second kappa shape index (κ2) is 6.27. The monoisotopic (exact) mass is 280 g/mol. The number of rotatable bonds is 3. The maximum atomic E-state index is 12.2. The van der Waals surface area contributed by atoms with Crippen LogP contribution in [0.2, 0.25) is 0 Å². The molecule has 0 fully saturated rings. The number of ketones is 1. The molecule has 1 heterocycles. The Morgan fingerprint density at radius 1 is 0.952 bits per heavy atom. The molecular formula is C18H16O3.